The van der Waals surface area contributed by atoms with Gasteiger partial charge in [0.15, 0.2) is 0 Å². The fourth-order valence-corrected chi connectivity index (χ4v) is 5.83. The third kappa shape index (κ3) is 4.16. The maximum Gasteiger partial charge on any atom is 0.132 e. The summed E-state index contributed by atoms with van der Waals surface area (Å²) in [6.45, 7) is 13.3. The van der Waals surface area contributed by atoms with Gasteiger partial charge < -0.3 is 4.74 Å². The Bertz CT molecular complexity index is 744. The Morgan fingerprint density at radius 3 is 2.19 bits per heavy atom. The maximum absolute atomic E-state index is 12.8. The molecule has 27 heavy (non-hydrogen) atoms. The molecule has 1 aromatic rings. The van der Waals surface area contributed by atoms with E-state index in [1.165, 1.54) is 0 Å². The highest BCUT2D eigenvalue weighted by Gasteiger charge is 2.52. The second kappa shape index (κ2) is 7.25. The van der Waals surface area contributed by atoms with E-state index >= 15 is 0 Å². The molecule has 5 nitrogen and oxygen atoms in total. The monoisotopic (exact) mass is 412 g/mol. The highest BCUT2D eigenvalue weighted by Crippen LogP contribution is 2.49. The summed E-state index contributed by atoms with van der Waals surface area (Å²) < 4.78 is 36.9. The average molecular weight is 413 g/mol. The molecule has 3 atom stereocenters. The van der Waals surface area contributed by atoms with Gasteiger partial charge in [-0.25, -0.2) is 17.4 Å². The summed E-state index contributed by atoms with van der Waals surface area (Å²) in [5.41, 5.74) is 0.629. The zero-order valence-electron chi connectivity index (χ0n) is 17.2. The summed E-state index contributed by atoms with van der Waals surface area (Å²) >= 11 is 0. The van der Waals surface area contributed by atoms with Crippen LogP contribution in [0, 0.1) is 0 Å². The van der Waals surface area contributed by atoms with Crippen molar-refractivity contribution in [2.45, 2.75) is 75.5 Å². The van der Waals surface area contributed by atoms with Crippen molar-refractivity contribution in [3.05, 3.63) is 29.8 Å². The molecule has 7 heteroatoms. The van der Waals surface area contributed by atoms with Crippen LogP contribution in [-0.4, -0.2) is 40.9 Å². The first-order valence-electron chi connectivity index (χ1n) is 9.57. The van der Waals surface area contributed by atoms with Crippen LogP contribution in [0.5, 0.6) is 5.75 Å². The molecule has 1 saturated heterocycles. The van der Waals surface area contributed by atoms with E-state index in [0.717, 1.165) is 24.2 Å². The Labute approximate surface area is 168 Å². The molecule has 0 amide bonds. The molecule has 1 fully saturated rings. The second-order valence-electron chi connectivity index (χ2n) is 9.43. The molecule has 152 valence electrons. The number of benzene rings is 1. The standard InChI is InChI=1S/C20H32N2O3S2/c1-18(2,3)26(23)21-17-15-9-7-8-10-16(15)25-20(17)11-13-22(14-12-20)27(24)19(4,5)6/h7-10,17,21H,11-14H2,1-6H3/t17-,26+,27-/m0/s1. The molecule has 2 aliphatic rings. The third-order valence-electron chi connectivity index (χ3n) is 5.18. The van der Waals surface area contributed by atoms with Crippen LogP contribution in [-0.2, 0) is 22.0 Å². The summed E-state index contributed by atoms with van der Waals surface area (Å²) in [4.78, 5) is 0. The Hall–Kier alpha value is -0.760. The van der Waals surface area contributed by atoms with Gasteiger partial charge in [-0.3, -0.25) is 0 Å². The smallest absolute Gasteiger partial charge is 0.132 e. The zero-order chi connectivity index (χ0) is 20.0. The van der Waals surface area contributed by atoms with Crippen LogP contribution in [0.25, 0.3) is 0 Å². The van der Waals surface area contributed by atoms with Crippen LogP contribution in [0.4, 0.5) is 0 Å². The van der Waals surface area contributed by atoms with Gasteiger partial charge in [-0.05, 0) is 47.6 Å². The highest BCUT2D eigenvalue weighted by atomic mass is 32.2. The van der Waals surface area contributed by atoms with Crippen molar-refractivity contribution >= 4 is 22.0 Å². The number of para-hydroxylation sites is 1. The number of nitrogens with zero attached hydrogens (tertiary/aromatic N) is 1. The van der Waals surface area contributed by atoms with Gasteiger partial charge in [0.25, 0.3) is 0 Å². The molecule has 0 bridgehead atoms. The first-order valence-corrected chi connectivity index (χ1v) is 11.8. The van der Waals surface area contributed by atoms with E-state index in [1.807, 2.05) is 59.7 Å². The second-order valence-corrected chi connectivity index (χ2v) is 13.7. The molecule has 1 N–H and O–H groups in total. The first-order chi connectivity index (χ1) is 12.4. The van der Waals surface area contributed by atoms with Crippen molar-refractivity contribution < 1.29 is 13.2 Å². The number of hydrogen-bond acceptors (Lipinski definition) is 3. The molecule has 0 saturated carbocycles. The van der Waals surface area contributed by atoms with E-state index in [1.54, 1.807) is 0 Å². The van der Waals surface area contributed by atoms with E-state index in [2.05, 4.69) is 15.1 Å². The molecule has 0 unspecified atom stereocenters. The minimum Gasteiger partial charge on any atom is -0.485 e. The molecular weight excluding hydrogens is 380 g/mol. The lowest BCUT2D eigenvalue weighted by molar-refractivity contribution is 0.0161. The predicted octanol–water partition coefficient (Wildman–Crippen LogP) is 3.47. The summed E-state index contributed by atoms with van der Waals surface area (Å²) in [5.74, 6) is 0.867. The number of rotatable bonds is 3. The Morgan fingerprint density at radius 2 is 1.63 bits per heavy atom. The van der Waals surface area contributed by atoms with E-state index in [9.17, 15) is 8.42 Å². The number of ether oxygens (including phenoxy) is 1. The summed E-state index contributed by atoms with van der Waals surface area (Å²) in [7, 11) is -2.23. The Balaban J connectivity index is 1.84. The van der Waals surface area contributed by atoms with E-state index in [0.29, 0.717) is 13.1 Å². The van der Waals surface area contributed by atoms with Crippen LogP contribution < -0.4 is 9.46 Å². The largest absolute Gasteiger partial charge is 0.485 e. The number of piperidine rings is 1. The lowest BCUT2D eigenvalue weighted by Gasteiger charge is -2.43. The molecule has 1 spiro atoms. The molecular formula is C20H32N2O3S2. The third-order valence-corrected chi connectivity index (χ3v) is 8.62. The van der Waals surface area contributed by atoms with Gasteiger partial charge in [-0.2, -0.15) is 0 Å². The van der Waals surface area contributed by atoms with Gasteiger partial charge in [0.2, 0.25) is 0 Å². The highest BCUT2D eigenvalue weighted by molar-refractivity contribution is 7.84. The SMILES string of the molecule is CC(C)(C)[S@](=O)N1CCC2(CC1)Oc1ccccc1[C@@H]2N[S@](=O)C(C)(C)C. The van der Waals surface area contributed by atoms with Crippen LogP contribution in [0.3, 0.4) is 0 Å². The summed E-state index contributed by atoms with van der Waals surface area (Å²) in [6.07, 6.45) is 1.50. The van der Waals surface area contributed by atoms with Crippen LogP contribution >= 0.6 is 0 Å². The fraction of sp³-hybridized carbons (Fsp3) is 0.700. The lowest BCUT2D eigenvalue weighted by atomic mass is 9.84. The van der Waals surface area contributed by atoms with Crippen LogP contribution in [0.2, 0.25) is 0 Å². The van der Waals surface area contributed by atoms with Gasteiger partial charge in [-0.1, -0.05) is 18.2 Å². The van der Waals surface area contributed by atoms with Crippen molar-refractivity contribution in [1.29, 1.82) is 0 Å². The van der Waals surface area contributed by atoms with E-state index in [4.69, 9.17) is 4.74 Å². The average Bonchev–Trinajstić information content (AvgIpc) is 2.87. The Morgan fingerprint density at radius 1 is 1.04 bits per heavy atom. The molecule has 2 aliphatic heterocycles. The Kier molecular flexibility index (Phi) is 5.63. The molecule has 0 radical (unpaired) electrons. The van der Waals surface area contributed by atoms with Crippen molar-refractivity contribution in [1.82, 2.24) is 9.03 Å². The predicted molar refractivity (Wildman–Crippen MR) is 112 cm³/mol. The van der Waals surface area contributed by atoms with Crippen LogP contribution in [0.15, 0.2) is 24.3 Å². The van der Waals surface area contributed by atoms with Crippen molar-refractivity contribution in [2.75, 3.05) is 13.1 Å². The lowest BCUT2D eigenvalue weighted by Crippen LogP contribution is -2.55. The van der Waals surface area contributed by atoms with Crippen molar-refractivity contribution in [3.63, 3.8) is 0 Å². The van der Waals surface area contributed by atoms with Gasteiger partial charge in [0.05, 0.1) is 37.5 Å². The normalized spacial score (nSPS) is 25.0. The number of hydrogen-bond donors (Lipinski definition) is 1. The number of nitrogens with one attached hydrogen (secondary N) is 1. The quantitative estimate of drug-likeness (QED) is 0.827. The maximum atomic E-state index is 12.8. The molecule has 3 rings (SSSR count). The van der Waals surface area contributed by atoms with Gasteiger partial charge >= 0.3 is 0 Å². The van der Waals surface area contributed by atoms with Gasteiger partial charge in [-0.15, -0.1) is 0 Å². The number of fused-ring (bicyclic) bond motifs is 1. The van der Waals surface area contributed by atoms with Crippen LogP contribution in [0.1, 0.15) is 66.0 Å². The summed E-state index contributed by atoms with van der Waals surface area (Å²) in [6, 6.07) is 7.89. The summed E-state index contributed by atoms with van der Waals surface area (Å²) in [5, 5.41) is 0. The van der Waals surface area contributed by atoms with E-state index < -0.39 is 27.6 Å². The van der Waals surface area contributed by atoms with Gasteiger partial charge in [0, 0.05) is 31.5 Å². The minimum absolute atomic E-state index is 0.126. The molecule has 1 aromatic carbocycles. The molecule has 2 heterocycles. The topological polar surface area (TPSA) is 58.6 Å². The fourth-order valence-electron chi connectivity index (χ4n) is 3.64. The zero-order valence-corrected chi connectivity index (χ0v) is 18.8. The van der Waals surface area contributed by atoms with Crippen molar-refractivity contribution in [3.8, 4) is 5.75 Å². The molecule has 0 aliphatic carbocycles. The molecule has 0 aromatic heterocycles. The van der Waals surface area contributed by atoms with Crippen molar-refractivity contribution in [2.24, 2.45) is 0 Å². The van der Waals surface area contributed by atoms with E-state index in [-0.39, 0.29) is 15.5 Å². The first kappa shape index (κ1) is 21.0. The van der Waals surface area contributed by atoms with Gasteiger partial charge in [0.1, 0.15) is 11.4 Å². The minimum atomic E-state index is -1.20.